The van der Waals surface area contributed by atoms with Crippen molar-refractivity contribution in [1.29, 1.82) is 0 Å². The topological polar surface area (TPSA) is 3.24 Å². The van der Waals surface area contributed by atoms with E-state index in [4.69, 9.17) is 23.2 Å². The predicted molar refractivity (Wildman–Crippen MR) is 91.6 cm³/mol. The van der Waals surface area contributed by atoms with Crippen molar-refractivity contribution < 1.29 is 4.39 Å². The third kappa shape index (κ3) is 5.35. The summed E-state index contributed by atoms with van der Waals surface area (Å²) in [6, 6.07) is 10.1. The summed E-state index contributed by atoms with van der Waals surface area (Å²) in [6.45, 7) is 0.737. The van der Waals surface area contributed by atoms with Crippen LogP contribution in [0, 0.1) is 5.82 Å². The maximum absolute atomic E-state index is 13.5. The van der Waals surface area contributed by atoms with Gasteiger partial charge in [0.25, 0.3) is 0 Å². The predicted octanol–water partition coefficient (Wildman–Crippen LogP) is 5.77. The van der Waals surface area contributed by atoms with Gasteiger partial charge in [-0.2, -0.15) is 0 Å². The molecular formula is C15H15Cl3FNS. The molecule has 1 nitrogen and oxygen atoms in total. The summed E-state index contributed by atoms with van der Waals surface area (Å²) in [4.78, 5) is 3.71. The van der Waals surface area contributed by atoms with Gasteiger partial charge in [0.2, 0.25) is 0 Å². The molecule has 2 aromatic rings. The van der Waals surface area contributed by atoms with E-state index < -0.39 is 0 Å². The highest BCUT2D eigenvalue weighted by Gasteiger charge is 2.10. The van der Waals surface area contributed by atoms with Crippen LogP contribution in [0.25, 0.3) is 0 Å². The van der Waals surface area contributed by atoms with E-state index in [1.807, 2.05) is 19.0 Å². The Balaban J connectivity index is 0.00000220. The number of benzene rings is 2. The lowest BCUT2D eigenvalue weighted by atomic mass is 10.2. The van der Waals surface area contributed by atoms with Crippen molar-refractivity contribution in [2.45, 2.75) is 16.3 Å². The normalized spacial score (nSPS) is 10.6. The van der Waals surface area contributed by atoms with E-state index >= 15 is 0 Å². The van der Waals surface area contributed by atoms with E-state index in [9.17, 15) is 4.39 Å². The second-order valence-electron chi connectivity index (χ2n) is 4.67. The molecule has 0 amide bonds. The SMILES string of the molecule is CN(C)Cc1ccc(F)cc1Sc1cc(Cl)ccc1Cl.Cl. The molecule has 0 bridgehead atoms. The average molecular weight is 367 g/mol. The second kappa shape index (κ2) is 8.25. The van der Waals surface area contributed by atoms with Crippen LogP contribution in [0.5, 0.6) is 0 Å². The van der Waals surface area contributed by atoms with Crippen molar-refractivity contribution in [3.8, 4) is 0 Å². The first-order valence-electron chi connectivity index (χ1n) is 6.02. The zero-order chi connectivity index (χ0) is 14.7. The highest BCUT2D eigenvalue weighted by Crippen LogP contribution is 2.37. The quantitative estimate of drug-likeness (QED) is 0.676. The lowest BCUT2D eigenvalue weighted by molar-refractivity contribution is 0.398. The summed E-state index contributed by atoms with van der Waals surface area (Å²) in [6.07, 6.45) is 0. The Bertz CT molecular complexity index is 620. The number of hydrogen-bond acceptors (Lipinski definition) is 2. The third-order valence-electron chi connectivity index (χ3n) is 2.63. The van der Waals surface area contributed by atoms with E-state index in [1.54, 1.807) is 24.3 Å². The molecule has 0 unspecified atom stereocenters. The van der Waals surface area contributed by atoms with Gasteiger partial charge in [0.05, 0.1) is 5.02 Å². The van der Waals surface area contributed by atoms with E-state index in [2.05, 4.69) is 0 Å². The standard InChI is InChI=1S/C15H14Cl2FNS.ClH/c1-19(2)9-10-3-5-12(18)8-14(10)20-15-7-11(16)4-6-13(15)17;/h3-8H,9H2,1-2H3;1H. The Kier molecular flexibility index (Phi) is 7.31. The van der Waals surface area contributed by atoms with Crippen LogP contribution in [0.15, 0.2) is 46.2 Å². The average Bonchev–Trinajstić information content (AvgIpc) is 2.37. The van der Waals surface area contributed by atoms with Crippen LogP contribution in [-0.4, -0.2) is 19.0 Å². The van der Waals surface area contributed by atoms with Gasteiger partial charge < -0.3 is 4.90 Å². The summed E-state index contributed by atoms with van der Waals surface area (Å²) in [5, 5.41) is 1.22. The van der Waals surface area contributed by atoms with Crippen molar-refractivity contribution in [1.82, 2.24) is 4.90 Å². The van der Waals surface area contributed by atoms with Crippen LogP contribution >= 0.6 is 47.4 Å². The molecule has 0 saturated heterocycles. The molecule has 0 saturated carbocycles. The second-order valence-corrected chi connectivity index (χ2v) is 6.59. The largest absolute Gasteiger partial charge is 0.305 e. The van der Waals surface area contributed by atoms with Crippen LogP contribution < -0.4 is 0 Å². The fraction of sp³-hybridized carbons (Fsp3) is 0.200. The minimum absolute atomic E-state index is 0. The van der Waals surface area contributed by atoms with Gasteiger partial charge in [-0.25, -0.2) is 4.39 Å². The van der Waals surface area contributed by atoms with E-state index in [1.165, 1.54) is 23.9 Å². The number of hydrogen-bond donors (Lipinski definition) is 0. The van der Waals surface area contributed by atoms with E-state index in [-0.39, 0.29) is 18.2 Å². The van der Waals surface area contributed by atoms with Gasteiger partial charge in [-0.1, -0.05) is 41.0 Å². The zero-order valence-corrected chi connectivity index (χ0v) is 14.7. The van der Waals surface area contributed by atoms with Crippen molar-refractivity contribution in [2.24, 2.45) is 0 Å². The smallest absolute Gasteiger partial charge is 0.124 e. The van der Waals surface area contributed by atoms with Crippen molar-refractivity contribution >= 4 is 47.4 Å². The fourth-order valence-electron chi connectivity index (χ4n) is 1.77. The highest BCUT2D eigenvalue weighted by atomic mass is 35.5. The summed E-state index contributed by atoms with van der Waals surface area (Å²) in [7, 11) is 3.95. The zero-order valence-electron chi connectivity index (χ0n) is 11.6. The molecule has 2 rings (SSSR count). The van der Waals surface area contributed by atoms with Gasteiger partial charge in [-0.15, -0.1) is 12.4 Å². The molecule has 21 heavy (non-hydrogen) atoms. The van der Waals surface area contributed by atoms with Gasteiger partial charge in [0.1, 0.15) is 5.82 Å². The first-order chi connectivity index (χ1) is 9.45. The number of rotatable bonds is 4. The lowest BCUT2D eigenvalue weighted by Gasteiger charge is -2.14. The Morgan fingerprint density at radius 2 is 1.76 bits per heavy atom. The molecule has 2 aromatic carbocycles. The number of nitrogens with zero attached hydrogens (tertiary/aromatic N) is 1. The van der Waals surface area contributed by atoms with Crippen LogP contribution in [0.2, 0.25) is 10.0 Å². The molecule has 0 aliphatic carbocycles. The summed E-state index contributed by atoms with van der Waals surface area (Å²) >= 11 is 13.6. The molecule has 0 fully saturated rings. The van der Waals surface area contributed by atoms with Crippen molar-refractivity contribution in [3.63, 3.8) is 0 Å². The summed E-state index contributed by atoms with van der Waals surface area (Å²) in [5.74, 6) is -0.256. The molecule has 0 spiro atoms. The van der Waals surface area contributed by atoms with Crippen molar-refractivity contribution in [2.75, 3.05) is 14.1 Å². The Hall–Kier alpha value is -0.450. The van der Waals surface area contributed by atoms with Crippen LogP contribution in [0.3, 0.4) is 0 Å². The first kappa shape index (κ1) is 18.6. The molecule has 0 aromatic heterocycles. The molecule has 0 heterocycles. The minimum Gasteiger partial charge on any atom is -0.305 e. The highest BCUT2D eigenvalue weighted by molar-refractivity contribution is 7.99. The van der Waals surface area contributed by atoms with E-state index in [0.29, 0.717) is 10.0 Å². The molecule has 114 valence electrons. The Morgan fingerprint density at radius 3 is 2.43 bits per heavy atom. The maximum Gasteiger partial charge on any atom is 0.124 e. The van der Waals surface area contributed by atoms with Gasteiger partial charge in [-0.3, -0.25) is 0 Å². The van der Waals surface area contributed by atoms with Gasteiger partial charge in [-0.05, 0) is 50.0 Å². The molecule has 0 radical (unpaired) electrons. The molecule has 0 aliphatic rings. The van der Waals surface area contributed by atoms with Crippen LogP contribution in [0.4, 0.5) is 4.39 Å². The summed E-state index contributed by atoms with van der Waals surface area (Å²) in [5.41, 5.74) is 1.05. The maximum atomic E-state index is 13.5. The Labute approximate surface area is 144 Å². The molecule has 0 N–H and O–H groups in total. The van der Waals surface area contributed by atoms with Gasteiger partial charge >= 0.3 is 0 Å². The van der Waals surface area contributed by atoms with Crippen LogP contribution in [0.1, 0.15) is 5.56 Å². The van der Waals surface area contributed by atoms with E-state index in [0.717, 1.165) is 21.9 Å². The molecule has 6 heteroatoms. The monoisotopic (exact) mass is 365 g/mol. The van der Waals surface area contributed by atoms with Crippen LogP contribution in [-0.2, 0) is 6.54 Å². The first-order valence-corrected chi connectivity index (χ1v) is 7.59. The third-order valence-corrected chi connectivity index (χ3v) is 4.46. The van der Waals surface area contributed by atoms with Gasteiger partial charge in [0, 0.05) is 21.4 Å². The van der Waals surface area contributed by atoms with Crippen molar-refractivity contribution in [3.05, 3.63) is 57.8 Å². The fourth-order valence-corrected chi connectivity index (χ4v) is 3.26. The van der Waals surface area contributed by atoms with Gasteiger partial charge in [0.15, 0.2) is 0 Å². The molecule has 0 atom stereocenters. The Morgan fingerprint density at radius 1 is 1.05 bits per heavy atom. The summed E-state index contributed by atoms with van der Waals surface area (Å²) < 4.78 is 13.5. The minimum atomic E-state index is -0.256. The molecule has 0 aliphatic heterocycles. The number of halogens is 4. The molecular weight excluding hydrogens is 352 g/mol. The lowest BCUT2D eigenvalue weighted by Crippen LogP contribution is -2.11.